The molecule has 2 atom stereocenters. The largest absolute Gasteiger partial charge is 0.455 e. The number of benzene rings is 1. The number of ether oxygens (including phenoxy) is 1. The summed E-state index contributed by atoms with van der Waals surface area (Å²) in [6.45, 7) is 6.41. The van der Waals surface area contributed by atoms with Crippen LogP contribution < -0.4 is 5.32 Å². The second-order valence-electron chi connectivity index (χ2n) is 3.90. The zero-order valence-electron chi connectivity index (χ0n) is 10.6. The Morgan fingerprint density at radius 3 is 2.33 bits per heavy atom. The lowest BCUT2D eigenvalue weighted by atomic mass is 10.0. The molecular formula is C14H17NO3. The summed E-state index contributed by atoms with van der Waals surface area (Å²) in [7, 11) is 0. The lowest BCUT2D eigenvalue weighted by Crippen LogP contribution is -2.38. The zero-order chi connectivity index (χ0) is 13.5. The Morgan fingerprint density at radius 2 is 1.89 bits per heavy atom. The molecule has 1 amide bonds. The minimum Gasteiger partial charge on any atom is -0.455 e. The van der Waals surface area contributed by atoms with Crippen molar-refractivity contribution in [3.05, 3.63) is 48.6 Å². The number of hydrogen-bond acceptors (Lipinski definition) is 3. The molecule has 1 aromatic rings. The molecule has 1 aromatic carbocycles. The predicted octanol–water partition coefficient (Wildman–Crippen LogP) is 1.98. The smallest absolute Gasteiger partial charge is 0.303 e. The number of esters is 1. The van der Waals surface area contributed by atoms with E-state index in [1.807, 2.05) is 30.3 Å². The fraction of sp³-hybridized carbons (Fsp3) is 0.286. The maximum absolute atomic E-state index is 11.2. The van der Waals surface area contributed by atoms with Crippen molar-refractivity contribution in [2.24, 2.45) is 0 Å². The molecule has 0 heterocycles. The van der Waals surface area contributed by atoms with Crippen LogP contribution in [0.25, 0.3) is 0 Å². The number of hydrogen-bond donors (Lipinski definition) is 1. The van der Waals surface area contributed by atoms with Gasteiger partial charge in [-0.15, -0.1) is 6.58 Å². The van der Waals surface area contributed by atoms with Gasteiger partial charge in [0.25, 0.3) is 0 Å². The van der Waals surface area contributed by atoms with Gasteiger partial charge < -0.3 is 10.1 Å². The van der Waals surface area contributed by atoms with Gasteiger partial charge in [-0.1, -0.05) is 36.4 Å². The number of rotatable bonds is 5. The van der Waals surface area contributed by atoms with E-state index in [1.54, 1.807) is 6.08 Å². The van der Waals surface area contributed by atoms with E-state index in [1.165, 1.54) is 13.8 Å². The van der Waals surface area contributed by atoms with Gasteiger partial charge in [0.2, 0.25) is 5.91 Å². The van der Waals surface area contributed by atoms with Crippen molar-refractivity contribution in [1.29, 1.82) is 0 Å². The molecule has 0 aliphatic heterocycles. The Bertz CT molecular complexity index is 428. The van der Waals surface area contributed by atoms with Gasteiger partial charge in [0, 0.05) is 13.8 Å². The summed E-state index contributed by atoms with van der Waals surface area (Å²) in [6, 6.07) is 8.79. The van der Waals surface area contributed by atoms with Gasteiger partial charge in [0.1, 0.15) is 0 Å². The topological polar surface area (TPSA) is 55.4 Å². The van der Waals surface area contributed by atoms with E-state index in [0.29, 0.717) is 0 Å². The van der Waals surface area contributed by atoms with Gasteiger partial charge in [0.05, 0.1) is 6.04 Å². The van der Waals surface area contributed by atoms with E-state index in [0.717, 1.165) is 5.56 Å². The first-order chi connectivity index (χ1) is 8.54. The normalized spacial score (nSPS) is 13.2. The molecule has 0 fully saturated rings. The molecule has 18 heavy (non-hydrogen) atoms. The highest BCUT2D eigenvalue weighted by Crippen LogP contribution is 2.22. The minimum atomic E-state index is -0.565. The quantitative estimate of drug-likeness (QED) is 0.639. The van der Waals surface area contributed by atoms with Crippen molar-refractivity contribution in [3.63, 3.8) is 0 Å². The third-order valence-electron chi connectivity index (χ3n) is 2.37. The summed E-state index contributed by atoms with van der Waals surface area (Å²) >= 11 is 0. The van der Waals surface area contributed by atoms with Crippen LogP contribution in [0.3, 0.4) is 0 Å². The monoisotopic (exact) mass is 247 g/mol. The van der Waals surface area contributed by atoms with Gasteiger partial charge in [0.15, 0.2) is 6.10 Å². The van der Waals surface area contributed by atoms with Crippen LogP contribution in [0.5, 0.6) is 0 Å². The summed E-state index contributed by atoms with van der Waals surface area (Å²) in [5, 5.41) is 2.70. The lowest BCUT2D eigenvalue weighted by molar-refractivity contribution is -0.148. The number of carbonyl (C=O) groups excluding carboxylic acids is 2. The average Bonchev–Trinajstić information content (AvgIpc) is 2.34. The van der Waals surface area contributed by atoms with Crippen molar-refractivity contribution in [1.82, 2.24) is 5.32 Å². The van der Waals surface area contributed by atoms with E-state index in [9.17, 15) is 9.59 Å². The fourth-order valence-corrected chi connectivity index (χ4v) is 1.66. The number of amides is 1. The number of nitrogens with one attached hydrogen (secondary N) is 1. The van der Waals surface area contributed by atoms with Crippen molar-refractivity contribution in [2.45, 2.75) is 26.0 Å². The van der Waals surface area contributed by atoms with Gasteiger partial charge in [-0.3, -0.25) is 9.59 Å². The van der Waals surface area contributed by atoms with Crippen LogP contribution in [0.15, 0.2) is 43.0 Å². The molecule has 1 rings (SSSR count). The SMILES string of the molecule is C=C[C@H](NC(C)=O)[C@H](OC(C)=O)c1ccccc1. The summed E-state index contributed by atoms with van der Waals surface area (Å²) in [6.07, 6.45) is 0.993. The van der Waals surface area contributed by atoms with Crippen LogP contribution >= 0.6 is 0 Å². The van der Waals surface area contributed by atoms with E-state index in [4.69, 9.17) is 4.74 Å². The van der Waals surface area contributed by atoms with Crippen molar-refractivity contribution >= 4 is 11.9 Å². The molecule has 0 saturated heterocycles. The highest BCUT2D eigenvalue weighted by Gasteiger charge is 2.24. The highest BCUT2D eigenvalue weighted by atomic mass is 16.5. The molecule has 0 aromatic heterocycles. The molecule has 4 heteroatoms. The summed E-state index contributed by atoms with van der Waals surface area (Å²) in [4.78, 5) is 22.3. The minimum absolute atomic E-state index is 0.201. The van der Waals surface area contributed by atoms with E-state index in [2.05, 4.69) is 11.9 Å². The molecule has 0 spiro atoms. The summed E-state index contributed by atoms with van der Waals surface area (Å²) in [5.41, 5.74) is 0.811. The van der Waals surface area contributed by atoms with Crippen LogP contribution in [-0.4, -0.2) is 17.9 Å². The third kappa shape index (κ3) is 4.05. The molecule has 0 aliphatic carbocycles. The van der Waals surface area contributed by atoms with Gasteiger partial charge in [-0.05, 0) is 5.56 Å². The molecule has 96 valence electrons. The Morgan fingerprint density at radius 1 is 1.28 bits per heavy atom. The maximum Gasteiger partial charge on any atom is 0.303 e. The molecule has 0 bridgehead atoms. The average molecular weight is 247 g/mol. The van der Waals surface area contributed by atoms with Crippen molar-refractivity contribution in [3.8, 4) is 0 Å². The Kier molecular flexibility index (Phi) is 5.11. The predicted molar refractivity (Wildman–Crippen MR) is 68.8 cm³/mol. The molecule has 4 nitrogen and oxygen atoms in total. The molecule has 0 aliphatic rings. The standard InChI is InChI=1S/C14H17NO3/c1-4-13(15-10(2)16)14(18-11(3)17)12-8-6-5-7-9-12/h4-9,13-14H,1H2,2-3H3,(H,15,16)/t13-,14+/m0/s1. The lowest BCUT2D eigenvalue weighted by Gasteiger charge is -2.25. The zero-order valence-corrected chi connectivity index (χ0v) is 10.6. The van der Waals surface area contributed by atoms with Crippen LogP contribution in [-0.2, 0) is 14.3 Å². The van der Waals surface area contributed by atoms with Gasteiger partial charge >= 0.3 is 5.97 Å². The van der Waals surface area contributed by atoms with Crippen LogP contribution in [0.4, 0.5) is 0 Å². The molecule has 0 unspecified atom stereocenters. The van der Waals surface area contributed by atoms with Crippen molar-refractivity contribution in [2.75, 3.05) is 0 Å². The first kappa shape index (κ1) is 14.0. The second kappa shape index (κ2) is 6.59. The fourth-order valence-electron chi connectivity index (χ4n) is 1.66. The highest BCUT2D eigenvalue weighted by molar-refractivity contribution is 5.73. The van der Waals surface area contributed by atoms with E-state index in [-0.39, 0.29) is 5.91 Å². The maximum atomic E-state index is 11.2. The van der Waals surface area contributed by atoms with Crippen molar-refractivity contribution < 1.29 is 14.3 Å². The van der Waals surface area contributed by atoms with E-state index < -0.39 is 18.1 Å². The number of carbonyl (C=O) groups is 2. The Hall–Kier alpha value is -2.10. The van der Waals surface area contributed by atoms with Gasteiger partial charge in [-0.2, -0.15) is 0 Å². The van der Waals surface area contributed by atoms with Crippen LogP contribution in [0.2, 0.25) is 0 Å². The first-order valence-electron chi connectivity index (χ1n) is 5.66. The molecule has 0 radical (unpaired) electrons. The summed E-state index contributed by atoms with van der Waals surface area (Å²) < 4.78 is 5.27. The Balaban J connectivity index is 2.99. The molecule has 1 N–H and O–H groups in total. The second-order valence-corrected chi connectivity index (χ2v) is 3.90. The van der Waals surface area contributed by atoms with E-state index >= 15 is 0 Å². The van der Waals surface area contributed by atoms with Gasteiger partial charge in [-0.25, -0.2) is 0 Å². The summed E-state index contributed by atoms with van der Waals surface area (Å²) in [5.74, 6) is -0.603. The third-order valence-corrected chi connectivity index (χ3v) is 2.37. The Labute approximate surface area is 107 Å². The molecule has 0 saturated carbocycles. The first-order valence-corrected chi connectivity index (χ1v) is 5.66. The molecular weight excluding hydrogens is 230 g/mol. The van der Waals surface area contributed by atoms with Crippen LogP contribution in [0.1, 0.15) is 25.5 Å². The van der Waals surface area contributed by atoms with Crippen LogP contribution in [0, 0.1) is 0 Å².